The van der Waals surface area contributed by atoms with Gasteiger partial charge in [-0.05, 0) is 51.5 Å². The van der Waals surface area contributed by atoms with Crippen LogP contribution in [0.25, 0.3) is 0 Å². The highest BCUT2D eigenvalue weighted by molar-refractivity contribution is 5.46. The van der Waals surface area contributed by atoms with Gasteiger partial charge in [-0.3, -0.25) is 0 Å². The van der Waals surface area contributed by atoms with Crippen LogP contribution in [0.5, 0.6) is 0 Å². The van der Waals surface area contributed by atoms with Crippen LogP contribution in [0.1, 0.15) is 74.5 Å². The molecule has 1 unspecified atom stereocenters. The van der Waals surface area contributed by atoms with Crippen LogP contribution in [0.3, 0.4) is 0 Å². The fraction of sp³-hybridized carbons (Fsp3) is 0.455. The highest BCUT2D eigenvalue weighted by Gasteiger charge is 2.37. The van der Waals surface area contributed by atoms with Gasteiger partial charge in [-0.25, -0.2) is 0 Å². The lowest BCUT2D eigenvalue weighted by atomic mass is 9.63. The standard InChI is InChI=1S/C22H28O2/c1-21(2)11-12-22(3,4)19-13-15(9-10-18(19)21)20(24)17-8-6-5-7-16(17)14-23/h5-10,13,20,23-24H,11-12,14H2,1-4H3. The average molecular weight is 324 g/mol. The number of aliphatic hydroxyl groups excluding tert-OH is 2. The monoisotopic (exact) mass is 324 g/mol. The predicted octanol–water partition coefficient (Wildman–Crippen LogP) is 4.61. The molecule has 2 aromatic rings. The smallest absolute Gasteiger partial charge is 0.104 e. The maximum atomic E-state index is 10.9. The lowest BCUT2D eigenvalue weighted by Crippen LogP contribution is -2.34. The molecule has 0 bridgehead atoms. The topological polar surface area (TPSA) is 40.5 Å². The molecule has 2 nitrogen and oxygen atoms in total. The van der Waals surface area contributed by atoms with E-state index < -0.39 is 6.10 Å². The summed E-state index contributed by atoms with van der Waals surface area (Å²) in [6, 6.07) is 14.0. The van der Waals surface area contributed by atoms with Crippen LogP contribution in [0.4, 0.5) is 0 Å². The first-order valence-electron chi connectivity index (χ1n) is 8.78. The second kappa shape index (κ2) is 6.02. The minimum absolute atomic E-state index is 0.0588. The fourth-order valence-electron chi connectivity index (χ4n) is 3.90. The molecule has 2 heteroatoms. The van der Waals surface area contributed by atoms with Crippen molar-refractivity contribution in [3.8, 4) is 0 Å². The largest absolute Gasteiger partial charge is 0.392 e. The number of hydrogen-bond donors (Lipinski definition) is 2. The molecule has 24 heavy (non-hydrogen) atoms. The molecule has 2 N–H and O–H groups in total. The van der Waals surface area contributed by atoms with Crippen LogP contribution < -0.4 is 0 Å². The van der Waals surface area contributed by atoms with E-state index in [4.69, 9.17) is 0 Å². The van der Waals surface area contributed by atoms with E-state index in [9.17, 15) is 10.2 Å². The Morgan fingerprint density at radius 2 is 1.54 bits per heavy atom. The van der Waals surface area contributed by atoms with Gasteiger partial charge in [-0.1, -0.05) is 70.2 Å². The molecule has 1 aliphatic rings. The van der Waals surface area contributed by atoms with E-state index in [2.05, 4.69) is 39.8 Å². The molecule has 3 rings (SSSR count). The van der Waals surface area contributed by atoms with Crippen molar-refractivity contribution in [2.24, 2.45) is 0 Å². The van der Waals surface area contributed by atoms with Crippen molar-refractivity contribution in [2.75, 3.05) is 0 Å². The fourth-order valence-corrected chi connectivity index (χ4v) is 3.90. The normalized spacial score (nSPS) is 19.6. The lowest BCUT2D eigenvalue weighted by molar-refractivity contribution is 0.212. The Morgan fingerprint density at radius 1 is 0.917 bits per heavy atom. The molecule has 0 fully saturated rings. The number of benzene rings is 2. The molecule has 2 aromatic carbocycles. The average Bonchev–Trinajstić information content (AvgIpc) is 2.58. The van der Waals surface area contributed by atoms with Crippen molar-refractivity contribution < 1.29 is 10.2 Å². The molecule has 0 heterocycles. The Morgan fingerprint density at radius 3 is 2.21 bits per heavy atom. The number of aliphatic hydroxyl groups is 2. The Hall–Kier alpha value is -1.64. The third-order valence-electron chi connectivity index (χ3n) is 5.71. The summed E-state index contributed by atoms with van der Waals surface area (Å²) in [7, 11) is 0. The van der Waals surface area contributed by atoms with E-state index >= 15 is 0 Å². The van der Waals surface area contributed by atoms with Gasteiger partial charge >= 0.3 is 0 Å². The molecule has 0 spiro atoms. The van der Waals surface area contributed by atoms with Crippen molar-refractivity contribution in [3.05, 3.63) is 70.3 Å². The number of hydrogen-bond acceptors (Lipinski definition) is 2. The SMILES string of the molecule is CC1(C)CCC(C)(C)c2cc(C(O)c3ccccc3CO)ccc21. The second-order valence-electron chi connectivity index (χ2n) is 8.33. The quantitative estimate of drug-likeness (QED) is 0.865. The first kappa shape index (κ1) is 17.2. The van der Waals surface area contributed by atoms with Gasteiger partial charge in [-0.2, -0.15) is 0 Å². The van der Waals surface area contributed by atoms with Crippen molar-refractivity contribution >= 4 is 0 Å². The summed E-state index contributed by atoms with van der Waals surface area (Å²) in [6.45, 7) is 9.13. The molecule has 0 saturated carbocycles. The van der Waals surface area contributed by atoms with E-state index in [-0.39, 0.29) is 17.4 Å². The zero-order chi connectivity index (χ0) is 17.5. The van der Waals surface area contributed by atoms with Crippen LogP contribution in [0.15, 0.2) is 42.5 Å². The second-order valence-corrected chi connectivity index (χ2v) is 8.33. The molecule has 0 amide bonds. The summed E-state index contributed by atoms with van der Waals surface area (Å²) >= 11 is 0. The Labute approximate surface area is 145 Å². The highest BCUT2D eigenvalue weighted by Crippen LogP contribution is 2.46. The third-order valence-corrected chi connectivity index (χ3v) is 5.71. The van der Waals surface area contributed by atoms with Crippen LogP contribution >= 0.6 is 0 Å². The van der Waals surface area contributed by atoms with Crippen LogP contribution in [-0.4, -0.2) is 10.2 Å². The first-order chi connectivity index (χ1) is 11.3. The first-order valence-corrected chi connectivity index (χ1v) is 8.78. The summed E-state index contributed by atoms with van der Waals surface area (Å²) in [5, 5.41) is 20.4. The minimum atomic E-state index is -0.709. The molecule has 0 saturated heterocycles. The molecular weight excluding hydrogens is 296 g/mol. The molecule has 0 aliphatic heterocycles. The zero-order valence-electron chi connectivity index (χ0n) is 15.1. The maximum Gasteiger partial charge on any atom is 0.104 e. The van der Waals surface area contributed by atoms with Gasteiger partial charge in [0.15, 0.2) is 0 Å². The summed E-state index contributed by atoms with van der Waals surface area (Å²) in [4.78, 5) is 0. The van der Waals surface area contributed by atoms with E-state index in [0.717, 1.165) is 23.1 Å². The minimum Gasteiger partial charge on any atom is -0.392 e. The van der Waals surface area contributed by atoms with Crippen molar-refractivity contribution in [1.82, 2.24) is 0 Å². The lowest BCUT2D eigenvalue weighted by Gasteiger charge is -2.42. The summed E-state index contributed by atoms with van der Waals surface area (Å²) in [5.74, 6) is 0. The summed E-state index contributed by atoms with van der Waals surface area (Å²) < 4.78 is 0. The summed E-state index contributed by atoms with van der Waals surface area (Å²) in [6.07, 6.45) is 1.63. The van der Waals surface area contributed by atoms with Gasteiger partial charge in [0.1, 0.15) is 6.10 Å². The van der Waals surface area contributed by atoms with Crippen LogP contribution in [0, 0.1) is 0 Å². The molecule has 0 radical (unpaired) electrons. The Balaban J connectivity index is 2.08. The highest BCUT2D eigenvalue weighted by atomic mass is 16.3. The van der Waals surface area contributed by atoms with Crippen LogP contribution in [0.2, 0.25) is 0 Å². The van der Waals surface area contributed by atoms with E-state index in [1.165, 1.54) is 17.5 Å². The Kier molecular flexibility index (Phi) is 4.31. The van der Waals surface area contributed by atoms with Gasteiger partial charge in [-0.15, -0.1) is 0 Å². The molecule has 128 valence electrons. The molecule has 1 atom stereocenters. The van der Waals surface area contributed by atoms with E-state index in [1.807, 2.05) is 30.3 Å². The van der Waals surface area contributed by atoms with Gasteiger partial charge in [0.2, 0.25) is 0 Å². The third kappa shape index (κ3) is 2.89. The zero-order valence-corrected chi connectivity index (χ0v) is 15.1. The summed E-state index contributed by atoms with van der Waals surface area (Å²) in [5.41, 5.74) is 5.51. The number of rotatable bonds is 3. The van der Waals surface area contributed by atoms with Crippen LogP contribution in [-0.2, 0) is 17.4 Å². The van der Waals surface area contributed by atoms with Gasteiger partial charge in [0.25, 0.3) is 0 Å². The van der Waals surface area contributed by atoms with Gasteiger partial charge in [0, 0.05) is 0 Å². The molecule has 0 aromatic heterocycles. The van der Waals surface area contributed by atoms with Crippen molar-refractivity contribution in [3.63, 3.8) is 0 Å². The van der Waals surface area contributed by atoms with Crippen molar-refractivity contribution in [2.45, 2.75) is 64.1 Å². The predicted molar refractivity (Wildman–Crippen MR) is 98.2 cm³/mol. The van der Waals surface area contributed by atoms with Gasteiger partial charge < -0.3 is 10.2 Å². The molecular formula is C22H28O2. The van der Waals surface area contributed by atoms with E-state index in [0.29, 0.717) is 0 Å². The van der Waals surface area contributed by atoms with E-state index in [1.54, 1.807) is 0 Å². The number of fused-ring (bicyclic) bond motifs is 1. The van der Waals surface area contributed by atoms with Crippen molar-refractivity contribution in [1.29, 1.82) is 0 Å². The Bertz CT molecular complexity index is 743. The molecule has 1 aliphatic carbocycles. The maximum absolute atomic E-state index is 10.9. The van der Waals surface area contributed by atoms with Gasteiger partial charge in [0.05, 0.1) is 6.61 Å².